The largest absolute Gasteiger partial charge is 0.508 e. The molecule has 0 aliphatic carbocycles. The molecule has 0 radical (unpaired) electrons. The number of pyridine rings is 1. The lowest BCUT2D eigenvalue weighted by atomic mass is 10.0. The number of nitrogens with one attached hydrogen (secondary N) is 1. The van der Waals surface area contributed by atoms with Crippen LogP contribution in [0.2, 0.25) is 0 Å². The predicted molar refractivity (Wildman–Crippen MR) is 86.1 cm³/mol. The molecule has 6 nitrogen and oxygen atoms in total. The molecule has 4 aromatic rings. The van der Waals surface area contributed by atoms with Crippen LogP contribution in [-0.2, 0) is 0 Å². The molecule has 0 spiro atoms. The maximum absolute atomic E-state index is 11.3. The van der Waals surface area contributed by atoms with Gasteiger partial charge in [0.25, 0.3) is 5.56 Å². The fourth-order valence-electron chi connectivity index (χ4n) is 2.59. The molecule has 112 valence electrons. The van der Waals surface area contributed by atoms with Gasteiger partial charge in [-0.15, -0.1) is 0 Å². The van der Waals surface area contributed by atoms with Crippen molar-refractivity contribution in [2.45, 2.75) is 0 Å². The minimum absolute atomic E-state index is 0.167. The third-order valence-corrected chi connectivity index (χ3v) is 3.59. The summed E-state index contributed by atoms with van der Waals surface area (Å²) >= 11 is 0. The molecular formula is C17H12N4O2. The van der Waals surface area contributed by atoms with E-state index in [0.29, 0.717) is 11.4 Å². The molecule has 0 aliphatic rings. The molecule has 2 N–H and O–H groups in total. The molecule has 0 bridgehead atoms. The Hall–Kier alpha value is -3.41. The number of phenolic OH excluding ortho intramolecular Hbond substituents is 1. The molecule has 1 aromatic carbocycles. The Kier molecular flexibility index (Phi) is 2.94. The second-order valence-electron chi connectivity index (χ2n) is 5.11. The van der Waals surface area contributed by atoms with E-state index in [-0.39, 0.29) is 11.3 Å². The first-order chi connectivity index (χ1) is 11.2. The Morgan fingerprint density at radius 1 is 1.04 bits per heavy atom. The van der Waals surface area contributed by atoms with Crippen molar-refractivity contribution in [3.05, 3.63) is 71.1 Å². The van der Waals surface area contributed by atoms with Crippen molar-refractivity contribution in [1.82, 2.24) is 19.8 Å². The first kappa shape index (κ1) is 13.3. The van der Waals surface area contributed by atoms with Crippen LogP contribution in [0.15, 0.2) is 65.6 Å². The maximum Gasteiger partial charge on any atom is 0.264 e. The molecule has 0 saturated carbocycles. The molecular weight excluding hydrogens is 292 g/mol. The van der Waals surface area contributed by atoms with Crippen molar-refractivity contribution in [3.8, 4) is 28.3 Å². The van der Waals surface area contributed by atoms with Gasteiger partial charge in [0, 0.05) is 17.8 Å². The topological polar surface area (TPSA) is 83.3 Å². The fourth-order valence-corrected chi connectivity index (χ4v) is 2.59. The van der Waals surface area contributed by atoms with E-state index in [2.05, 4.69) is 15.3 Å². The number of aromatic nitrogens is 4. The summed E-state index contributed by atoms with van der Waals surface area (Å²) in [4.78, 5) is 11.3. The summed E-state index contributed by atoms with van der Waals surface area (Å²) in [5.41, 5.74) is 3.48. The summed E-state index contributed by atoms with van der Waals surface area (Å²) in [6.07, 6.45) is 1.84. The molecule has 0 fully saturated rings. The molecule has 0 amide bonds. The Balaban J connectivity index is 2.06. The second kappa shape index (κ2) is 5.10. The molecule has 3 aromatic heterocycles. The first-order valence-corrected chi connectivity index (χ1v) is 7.05. The monoisotopic (exact) mass is 304 g/mol. The minimum atomic E-state index is -0.260. The van der Waals surface area contributed by atoms with E-state index in [1.807, 2.05) is 30.5 Å². The van der Waals surface area contributed by atoms with Crippen molar-refractivity contribution in [1.29, 1.82) is 0 Å². The lowest BCUT2D eigenvalue weighted by Crippen LogP contribution is -2.05. The number of H-pyrrole nitrogens is 1. The summed E-state index contributed by atoms with van der Waals surface area (Å²) in [5, 5.41) is 20.9. The van der Waals surface area contributed by atoms with Gasteiger partial charge in [-0.2, -0.15) is 10.2 Å². The Labute approximate surface area is 130 Å². The minimum Gasteiger partial charge on any atom is -0.508 e. The highest BCUT2D eigenvalue weighted by molar-refractivity contribution is 5.90. The normalized spacial score (nSPS) is 11.0. The van der Waals surface area contributed by atoms with E-state index in [1.54, 1.807) is 28.8 Å². The first-order valence-electron chi connectivity index (χ1n) is 7.05. The van der Waals surface area contributed by atoms with Crippen LogP contribution in [0.25, 0.3) is 28.0 Å². The van der Waals surface area contributed by atoms with Gasteiger partial charge in [0.1, 0.15) is 11.4 Å². The summed E-state index contributed by atoms with van der Waals surface area (Å²) in [6, 6.07) is 15.7. The molecule has 0 saturated heterocycles. The van der Waals surface area contributed by atoms with Gasteiger partial charge in [0.05, 0.1) is 16.8 Å². The SMILES string of the molecule is O=c1ccc(-c2c(-c3cccc(O)c3)nn3ccccc23)n[nH]1. The van der Waals surface area contributed by atoms with Gasteiger partial charge in [0.15, 0.2) is 0 Å². The van der Waals surface area contributed by atoms with Gasteiger partial charge in [-0.1, -0.05) is 18.2 Å². The summed E-state index contributed by atoms with van der Waals surface area (Å²) in [7, 11) is 0. The lowest BCUT2D eigenvalue weighted by Gasteiger charge is -2.03. The second-order valence-corrected chi connectivity index (χ2v) is 5.11. The van der Waals surface area contributed by atoms with Crippen molar-refractivity contribution >= 4 is 5.52 Å². The summed E-state index contributed by atoms with van der Waals surface area (Å²) < 4.78 is 1.75. The molecule has 23 heavy (non-hydrogen) atoms. The predicted octanol–water partition coefficient (Wildman–Crippen LogP) is 2.46. The number of hydrogen-bond donors (Lipinski definition) is 2. The fraction of sp³-hybridized carbons (Fsp3) is 0. The smallest absolute Gasteiger partial charge is 0.264 e. The highest BCUT2D eigenvalue weighted by Crippen LogP contribution is 2.34. The van der Waals surface area contributed by atoms with Gasteiger partial charge in [-0.3, -0.25) is 4.79 Å². The number of fused-ring (bicyclic) bond motifs is 1. The van der Waals surface area contributed by atoms with E-state index in [4.69, 9.17) is 0 Å². The number of phenols is 1. The van der Waals surface area contributed by atoms with Crippen LogP contribution < -0.4 is 5.56 Å². The van der Waals surface area contributed by atoms with Crippen LogP contribution in [0.1, 0.15) is 0 Å². The van der Waals surface area contributed by atoms with Crippen LogP contribution in [0.5, 0.6) is 5.75 Å². The Bertz CT molecular complexity index is 1050. The van der Waals surface area contributed by atoms with Crippen molar-refractivity contribution in [2.75, 3.05) is 0 Å². The van der Waals surface area contributed by atoms with E-state index < -0.39 is 0 Å². The molecule has 0 aliphatic heterocycles. The van der Waals surface area contributed by atoms with Crippen LogP contribution >= 0.6 is 0 Å². The number of rotatable bonds is 2. The third kappa shape index (κ3) is 2.26. The number of hydrogen-bond acceptors (Lipinski definition) is 4. The number of benzene rings is 1. The van der Waals surface area contributed by atoms with Gasteiger partial charge < -0.3 is 5.11 Å². The van der Waals surface area contributed by atoms with Gasteiger partial charge >= 0.3 is 0 Å². The zero-order valence-electron chi connectivity index (χ0n) is 12.0. The Morgan fingerprint density at radius 3 is 2.74 bits per heavy atom. The average molecular weight is 304 g/mol. The van der Waals surface area contributed by atoms with Gasteiger partial charge in [-0.05, 0) is 30.3 Å². The van der Waals surface area contributed by atoms with Gasteiger partial charge in [-0.25, -0.2) is 9.61 Å². The molecule has 6 heteroatoms. The molecule has 0 atom stereocenters. The summed E-state index contributed by atoms with van der Waals surface area (Å²) in [5.74, 6) is 0.167. The maximum atomic E-state index is 11.3. The number of aromatic hydroxyl groups is 1. The molecule has 3 heterocycles. The van der Waals surface area contributed by atoms with Crippen molar-refractivity contribution in [3.63, 3.8) is 0 Å². The van der Waals surface area contributed by atoms with E-state index in [0.717, 1.165) is 16.6 Å². The lowest BCUT2D eigenvalue weighted by molar-refractivity contribution is 0.475. The van der Waals surface area contributed by atoms with Crippen LogP contribution in [-0.4, -0.2) is 24.9 Å². The van der Waals surface area contributed by atoms with E-state index >= 15 is 0 Å². The Morgan fingerprint density at radius 2 is 1.96 bits per heavy atom. The van der Waals surface area contributed by atoms with Crippen LogP contribution in [0.4, 0.5) is 0 Å². The summed E-state index contributed by atoms with van der Waals surface area (Å²) in [6.45, 7) is 0. The average Bonchev–Trinajstić information content (AvgIpc) is 2.95. The van der Waals surface area contributed by atoms with E-state index in [1.165, 1.54) is 6.07 Å². The highest BCUT2D eigenvalue weighted by atomic mass is 16.3. The van der Waals surface area contributed by atoms with E-state index in [9.17, 15) is 9.90 Å². The third-order valence-electron chi connectivity index (χ3n) is 3.59. The van der Waals surface area contributed by atoms with Crippen LogP contribution in [0.3, 0.4) is 0 Å². The molecule has 0 unspecified atom stereocenters. The van der Waals surface area contributed by atoms with Gasteiger partial charge in [0.2, 0.25) is 0 Å². The quantitative estimate of drug-likeness (QED) is 0.596. The van der Waals surface area contributed by atoms with Crippen molar-refractivity contribution < 1.29 is 5.11 Å². The number of nitrogens with zero attached hydrogens (tertiary/aromatic N) is 3. The highest BCUT2D eigenvalue weighted by Gasteiger charge is 2.17. The standard InChI is InChI=1S/C17H12N4O2/c22-12-5-3-4-11(10-12)17-16(13-7-8-15(23)19-18-13)14-6-1-2-9-21(14)20-17/h1-10,22H,(H,19,23). The molecule has 4 rings (SSSR count). The zero-order valence-corrected chi connectivity index (χ0v) is 12.0. The zero-order chi connectivity index (χ0) is 15.8. The van der Waals surface area contributed by atoms with Crippen molar-refractivity contribution in [2.24, 2.45) is 0 Å². The van der Waals surface area contributed by atoms with Crippen LogP contribution in [0, 0.1) is 0 Å². The number of aromatic amines is 1.